The molecule has 0 amide bonds. The number of fused-ring (bicyclic) bond motifs is 1. The fraction of sp³-hybridized carbons (Fsp3) is 0.267. The Bertz CT molecular complexity index is 1240. The number of hydrogen-bond donors (Lipinski definition) is 2. The lowest BCUT2D eigenvalue weighted by molar-refractivity contribution is -0.237. The van der Waals surface area contributed by atoms with E-state index >= 15 is 0 Å². The fourth-order valence-corrected chi connectivity index (χ4v) is 5.57. The molecule has 4 aromatic rings. The van der Waals surface area contributed by atoms with Gasteiger partial charge in [-0.3, -0.25) is 0 Å². The maximum Gasteiger partial charge on any atom is 0.137 e. The smallest absolute Gasteiger partial charge is 0.137 e. The van der Waals surface area contributed by atoms with Gasteiger partial charge in [-0.05, 0) is 40.1 Å². The van der Waals surface area contributed by atoms with Gasteiger partial charge >= 0.3 is 0 Å². The van der Waals surface area contributed by atoms with Crippen molar-refractivity contribution in [3.8, 4) is 0 Å². The summed E-state index contributed by atoms with van der Waals surface area (Å²) < 4.78 is 18.9. The molecule has 6 heteroatoms. The van der Waals surface area contributed by atoms with E-state index in [0.29, 0.717) is 13.2 Å². The van der Waals surface area contributed by atoms with E-state index < -0.39 is 29.9 Å². The second-order valence-corrected chi connectivity index (χ2v) is 10.0. The predicted molar refractivity (Wildman–Crippen MR) is 142 cm³/mol. The summed E-state index contributed by atoms with van der Waals surface area (Å²) in [4.78, 5) is 1.01. The molecule has 2 N–H and O–H groups in total. The molecule has 186 valence electrons. The highest BCUT2D eigenvalue weighted by Crippen LogP contribution is 2.36. The highest BCUT2D eigenvalue weighted by Gasteiger charge is 2.47. The summed E-state index contributed by atoms with van der Waals surface area (Å²) in [7, 11) is 0. The third kappa shape index (κ3) is 5.98. The van der Waals surface area contributed by atoms with Crippen molar-refractivity contribution < 1.29 is 24.4 Å². The van der Waals surface area contributed by atoms with Crippen molar-refractivity contribution in [2.75, 3.05) is 6.61 Å². The Morgan fingerprint density at radius 2 is 1.33 bits per heavy atom. The Labute approximate surface area is 215 Å². The monoisotopic (exact) mass is 502 g/mol. The van der Waals surface area contributed by atoms with Crippen LogP contribution in [-0.4, -0.2) is 46.7 Å². The minimum atomic E-state index is -1.04. The van der Waals surface area contributed by atoms with Crippen LogP contribution in [0.25, 0.3) is 10.8 Å². The third-order valence-electron chi connectivity index (χ3n) is 6.34. The van der Waals surface area contributed by atoms with Gasteiger partial charge in [0.1, 0.15) is 29.9 Å². The number of aliphatic hydroxyl groups excluding tert-OH is 2. The fourth-order valence-electron chi connectivity index (χ4n) is 4.42. The Hall–Kier alpha value is -2.71. The average Bonchev–Trinajstić information content (AvgIpc) is 2.93. The standard InChI is InChI=1S/C30H30O5S/c31-18-26-27(32)28(33-20-22-15-16-23-11-7-8-12-24(23)17-22)29(34-19-21-9-3-1-4-10-21)30(35-26)36-25-13-5-2-6-14-25/h1-17,26-32H,18-20H2/t26?,27-,28?,29?,30-/m0/s1. The Morgan fingerprint density at radius 3 is 2.08 bits per heavy atom. The van der Waals surface area contributed by atoms with Gasteiger partial charge in [0.25, 0.3) is 0 Å². The van der Waals surface area contributed by atoms with Crippen molar-refractivity contribution in [2.45, 2.75) is 48.0 Å². The van der Waals surface area contributed by atoms with Crippen molar-refractivity contribution in [1.29, 1.82) is 0 Å². The number of thioether (sulfide) groups is 1. The molecule has 0 aliphatic carbocycles. The molecule has 5 nitrogen and oxygen atoms in total. The first-order valence-corrected chi connectivity index (χ1v) is 13.0. The van der Waals surface area contributed by atoms with E-state index in [4.69, 9.17) is 14.2 Å². The Balaban J connectivity index is 1.39. The minimum Gasteiger partial charge on any atom is -0.394 e. The van der Waals surface area contributed by atoms with Crippen molar-refractivity contribution in [3.63, 3.8) is 0 Å². The number of hydrogen-bond acceptors (Lipinski definition) is 6. The van der Waals surface area contributed by atoms with Crippen LogP contribution >= 0.6 is 11.8 Å². The van der Waals surface area contributed by atoms with Crippen LogP contribution in [0, 0.1) is 0 Å². The molecule has 0 aromatic heterocycles. The number of aliphatic hydroxyl groups is 2. The van der Waals surface area contributed by atoms with Crippen LogP contribution < -0.4 is 0 Å². The summed E-state index contributed by atoms with van der Waals surface area (Å²) in [6.07, 6.45) is -3.06. The van der Waals surface area contributed by atoms with E-state index in [2.05, 4.69) is 24.3 Å². The number of benzene rings is 4. The molecule has 5 atom stereocenters. The van der Waals surface area contributed by atoms with Gasteiger partial charge in [-0.2, -0.15) is 0 Å². The van der Waals surface area contributed by atoms with Crippen LogP contribution in [0.1, 0.15) is 11.1 Å². The Morgan fingerprint density at radius 1 is 0.694 bits per heavy atom. The van der Waals surface area contributed by atoms with Gasteiger partial charge in [0, 0.05) is 4.90 Å². The average molecular weight is 503 g/mol. The quantitative estimate of drug-likeness (QED) is 0.329. The van der Waals surface area contributed by atoms with Crippen LogP contribution in [0.2, 0.25) is 0 Å². The minimum absolute atomic E-state index is 0.304. The second kappa shape index (κ2) is 12.0. The molecule has 0 bridgehead atoms. The third-order valence-corrected chi connectivity index (χ3v) is 7.49. The van der Waals surface area contributed by atoms with E-state index in [0.717, 1.165) is 26.8 Å². The molecule has 1 heterocycles. The van der Waals surface area contributed by atoms with Gasteiger partial charge in [0.15, 0.2) is 0 Å². The first-order chi connectivity index (χ1) is 17.7. The SMILES string of the molecule is OCC1O[C@@H](Sc2ccccc2)C(OCc2ccccc2)C(OCc2ccc3ccccc3c2)[C@H]1O. The maximum atomic E-state index is 11.1. The zero-order chi connectivity index (χ0) is 24.7. The maximum absolute atomic E-state index is 11.1. The zero-order valence-corrected chi connectivity index (χ0v) is 20.7. The molecule has 1 aliphatic rings. The van der Waals surface area contributed by atoms with Crippen molar-refractivity contribution >= 4 is 22.5 Å². The number of ether oxygens (including phenoxy) is 3. The molecule has 5 rings (SSSR count). The van der Waals surface area contributed by atoms with Gasteiger partial charge in [-0.1, -0.05) is 96.7 Å². The van der Waals surface area contributed by atoms with Gasteiger partial charge in [0.2, 0.25) is 0 Å². The lowest BCUT2D eigenvalue weighted by Crippen LogP contribution is -2.59. The van der Waals surface area contributed by atoms with Crippen LogP contribution in [0.4, 0.5) is 0 Å². The van der Waals surface area contributed by atoms with Crippen molar-refractivity contribution in [3.05, 3.63) is 114 Å². The molecular weight excluding hydrogens is 472 g/mol. The van der Waals surface area contributed by atoms with E-state index in [1.807, 2.05) is 78.9 Å². The van der Waals surface area contributed by atoms with E-state index in [9.17, 15) is 10.2 Å². The zero-order valence-electron chi connectivity index (χ0n) is 19.9. The Kier molecular flexibility index (Phi) is 8.33. The molecule has 3 unspecified atom stereocenters. The highest BCUT2D eigenvalue weighted by atomic mass is 32.2. The topological polar surface area (TPSA) is 68.2 Å². The van der Waals surface area contributed by atoms with Gasteiger partial charge in [-0.15, -0.1) is 0 Å². The summed E-state index contributed by atoms with van der Waals surface area (Å²) in [6, 6.07) is 34.2. The number of rotatable bonds is 9. The van der Waals surface area contributed by atoms with E-state index in [1.54, 1.807) is 0 Å². The second-order valence-electron chi connectivity index (χ2n) is 8.87. The normalized spacial score (nSPS) is 24.1. The lowest BCUT2D eigenvalue weighted by Gasteiger charge is -2.43. The largest absolute Gasteiger partial charge is 0.394 e. The first-order valence-electron chi connectivity index (χ1n) is 12.1. The molecule has 0 spiro atoms. The first kappa shape index (κ1) is 25.0. The summed E-state index contributed by atoms with van der Waals surface area (Å²) in [5, 5.41) is 23.4. The predicted octanol–water partition coefficient (Wildman–Crippen LogP) is 5.18. The summed E-state index contributed by atoms with van der Waals surface area (Å²) >= 11 is 1.51. The molecule has 0 saturated carbocycles. The molecular formula is C30H30O5S. The molecule has 0 radical (unpaired) electrons. The van der Waals surface area contributed by atoms with Crippen LogP contribution in [0.5, 0.6) is 0 Å². The molecule has 36 heavy (non-hydrogen) atoms. The molecule has 1 fully saturated rings. The van der Waals surface area contributed by atoms with Crippen LogP contribution in [-0.2, 0) is 27.4 Å². The van der Waals surface area contributed by atoms with Gasteiger partial charge in [-0.25, -0.2) is 0 Å². The van der Waals surface area contributed by atoms with Crippen molar-refractivity contribution in [2.24, 2.45) is 0 Å². The summed E-state index contributed by atoms with van der Waals surface area (Å²) in [5.41, 5.74) is 1.55. The van der Waals surface area contributed by atoms with E-state index in [-0.39, 0.29) is 6.61 Å². The summed E-state index contributed by atoms with van der Waals surface area (Å²) in [6.45, 7) is 0.347. The molecule has 1 aliphatic heterocycles. The van der Waals surface area contributed by atoms with E-state index in [1.165, 1.54) is 11.8 Å². The summed E-state index contributed by atoms with van der Waals surface area (Å²) in [5.74, 6) is 0. The highest BCUT2D eigenvalue weighted by molar-refractivity contribution is 7.99. The van der Waals surface area contributed by atoms with Crippen LogP contribution in [0.15, 0.2) is 108 Å². The van der Waals surface area contributed by atoms with Gasteiger partial charge < -0.3 is 24.4 Å². The lowest BCUT2D eigenvalue weighted by atomic mass is 9.99. The molecule has 1 saturated heterocycles. The van der Waals surface area contributed by atoms with Crippen molar-refractivity contribution in [1.82, 2.24) is 0 Å². The molecule has 4 aromatic carbocycles. The van der Waals surface area contributed by atoms with Gasteiger partial charge in [0.05, 0.1) is 19.8 Å². The van der Waals surface area contributed by atoms with Crippen LogP contribution in [0.3, 0.4) is 0 Å².